The van der Waals surface area contributed by atoms with Crippen LogP contribution in [-0.2, 0) is 28.7 Å². The average Bonchev–Trinajstić information content (AvgIpc) is 2.53. The third-order valence-electron chi connectivity index (χ3n) is 3.11. The van der Waals surface area contributed by atoms with Gasteiger partial charge in [0.05, 0.1) is 13.2 Å². The second-order valence-corrected chi connectivity index (χ2v) is 5.70. The SMILES string of the molecule is CCCCCCOC(=O)CC(=O)OCCCCCC.O=C(O)CC(=O)O. The summed E-state index contributed by atoms with van der Waals surface area (Å²) in [6, 6.07) is 0. The van der Waals surface area contributed by atoms with E-state index in [0.29, 0.717) is 13.2 Å². The minimum atomic E-state index is -1.31. The molecule has 0 heterocycles. The molecule has 2 N–H and O–H groups in total. The zero-order chi connectivity index (χ0) is 20.2. The molecule has 8 heteroatoms. The van der Waals surface area contributed by atoms with Gasteiger partial charge in [0.25, 0.3) is 0 Å². The number of ether oxygens (including phenoxy) is 2. The minimum Gasteiger partial charge on any atom is -0.481 e. The molecule has 0 spiro atoms. The first-order chi connectivity index (χ1) is 12.3. The minimum absolute atomic E-state index is 0.262. The Kier molecular flexibility index (Phi) is 19.3. The fourth-order valence-corrected chi connectivity index (χ4v) is 1.78. The Morgan fingerprint density at radius 3 is 1.27 bits per heavy atom. The first-order valence-electron chi connectivity index (χ1n) is 9.08. The van der Waals surface area contributed by atoms with Crippen LogP contribution in [0.25, 0.3) is 0 Å². The van der Waals surface area contributed by atoms with Crippen LogP contribution in [0, 0.1) is 0 Å². The molecule has 26 heavy (non-hydrogen) atoms. The van der Waals surface area contributed by atoms with E-state index in [0.717, 1.165) is 51.4 Å². The van der Waals surface area contributed by atoms with Crippen molar-refractivity contribution in [3.63, 3.8) is 0 Å². The van der Waals surface area contributed by atoms with E-state index in [-0.39, 0.29) is 6.42 Å². The molecule has 0 saturated carbocycles. The molecule has 0 rings (SSSR count). The van der Waals surface area contributed by atoms with E-state index in [9.17, 15) is 19.2 Å². The van der Waals surface area contributed by atoms with Crippen molar-refractivity contribution in [3.8, 4) is 0 Å². The highest BCUT2D eigenvalue weighted by Gasteiger charge is 2.11. The molecule has 0 saturated heterocycles. The summed E-state index contributed by atoms with van der Waals surface area (Å²) in [5, 5.41) is 15.4. The normalized spacial score (nSPS) is 9.62. The number of aliphatic carboxylic acids is 2. The van der Waals surface area contributed by atoms with Crippen LogP contribution in [0.1, 0.15) is 78.1 Å². The molecule has 0 atom stereocenters. The van der Waals surface area contributed by atoms with Crippen LogP contribution in [-0.4, -0.2) is 47.3 Å². The first-order valence-corrected chi connectivity index (χ1v) is 9.08. The van der Waals surface area contributed by atoms with Crippen molar-refractivity contribution in [2.75, 3.05) is 13.2 Å². The van der Waals surface area contributed by atoms with Gasteiger partial charge < -0.3 is 19.7 Å². The molecule has 0 aliphatic heterocycles. The Hall–Kier alpha value is -2.12. The second kappa shape index (κ2) is 19.2. The number of carboxylic acids is 2. The Morgan fingerprint density at radius 1 is 0.615 bits per heavy atom. The van der Waals surface area contributed by atoms with Gasteiger partial charge in [0.15, 0.2) is 0 Å². The summed E-state index contributed by atoms with van der Waals surface area (Å²) in [6.45, 7) is 5.07. The first kappa shape index (κ1) is 26.1. The zero-order valence-corrected chi connectivity index (χ0v) is 15.8. The lowest BCUT2D eigenvalue weighted by Crippen LogP contribution is -2.15. The van der Waals surface area contributed by atoms with E-state index in [4.69, 9.17) is 19.7 Å². The maximum Gasteiger partial charge on any atom is 0.317 e. The molecular weight excluding hydrogens is 344 g/mol. The van der Waals surface area contributed by atoms with E-state index >= 15 is 0 Å². The summed E-state index contributed by atoms with van der Waals surface area (Å²) in [5.74, 6) is -3.58. The average molecular weight is 376 g/mol. The number of rotatable bonds is 14. The summed E-state index contributed by atoms with van der Waals surface area (Å²) in [4.78, 5) is 41.5. The number of carbonyl (C=O) groups is 4. The monoisotopic (exact) mass is 376 g/mol. The summed E-state index contributed by atoms with van der Waals surface area (Å²) >= 11 is 0. The van der Waals surface area contributed by atoms with Crippen LogP contribution >= 0.6 is 0 Å². The van der Waals surface area contributed by atoms with E-state index in [2.05, 4.69) is 13.8 Å². The van der Waals surface area contributed by atoms with E-state index < -0.39 is 30.3 Å². The van der Waals surface area contributed by atoms with Crippen molar-refractivity contribution in [1.82, 2.24) is 0 Å². The maximum absolute atomic E-state index is 11.3. The van der Waals surface area contributed by atoms with Crippen LogP contribution < -0.4 is 0 Å². The molecule has 0 aromatic heterocycles. The summed E-state index contributed by atoms with van der Waals surface area (Å²) in [5.41, 5.74) is 0. The molecule has 0 fully saturated rings. The summed E-state index contributed by atoms with van der Waals surface area (Å²) < 4.78 is 9.93. The van der Waals surface area contributed by atoms with Gasteiger partial charge in [-0.05, 0) is 12.8 Å². The Labute approximate surface area is 154 Å². The number of hydrogen-bond donors (Lipinski definition) is 2. The van der Waals surface area contributed by atoms with Crippen LogP contribution in [0.5, 0.6) is 0 Å². The Balaban J connectivity index is 0. The molecule has 0 aromatic rings. The van der Waals surface area contributed by atoms with Gasteiger partial charge in [-0.15, -0.1) is 0 Å². The Bertz CT molecular complexity index is 370. The van der Waals surface area contributed by atoms with Crippen LogP contribution in [0.3, 0.4) is 0 Å². The smallest absolute Gasteiger partial charge is 0.317 e. The fourth-order valence-electron chi connectivity index (χ4n) is 1.78. The van der Waals surface area contributed by atoms with Gasteiger partial charge in [-0.1, -0.05) is 52.4 Å². The molecule has 0 aliphatic carbocycles. The topological polar surface area (TPSA) is 127 Å². The molecule has 152 valence electrons. The number of unbranched alkanes of at least 4 members (excludes halogenated alkanes) is 6. The van der Waals surface area contributed by atoms with E-state index in [1.807, 2.05) is 0 Å². The lowest BCUT2D eigenvalue weighted by Gasteiger charge is -2.05. The van der Waals surface area contributed by atoms with E-state index in [1.165, 1.54) is 0 Å². The van der Waals surface area contributed by atoms with E-state index in [1.54, 1.807) is 0 Å². The van der Waals surface area contributed by atoms with Crippen LogP contribution in [0.15, 0.2) is 0 Å². The highest BCUT2D eigenvalue weighted by Crippen LogP contribution is 2.02. The molecule has 0 radical (unpaired) electrons. The van der Waals surface area contributed by atoms with Gasteiger partial charge >= 0.3 is 23.9 Å². The fraction of sp³-hybridized carbons (Fsp3) is 0.778. The number of hydrogen-bond acceptors (Lipinski definition) is 6. The summed E-state index contributed by atoms with van der Waals surface area (Å²) in [6.07, 6.45) is 7.39. The molecule has 0 unspecified atom stereocenters. The van der Waals surface area contributed by atoms with Gasteiger partial charge in [0, 0.05) is 0 Å². The largest absolute Gasteiger partial charge is 0.481 e. The van der Waals surface area contributed by atoms with Crippen molar-refractivity contribution >= 4 is 23.9 Å². The molecule has 0 amide bonds. The maximum atomic E-state index is 11.3. The van der Waals surface area contributed by atoms with Crippen molar-refractivity contribution in [1.29, 1.82) is 0 Å². The van der Waals surface area contributed by atoms with Crippen molar-refractivity contribution < 1.29 is 38.9 Å². The van der Waals surface area contributed by atoms with Gasteiger partial charge in [-0.25, -0.2) is 0 Å². The third-order valence-corrected chi connectivity index (χ3v) is 3.11. The molecule has 8 nitrogen and oxygen atoms in total. The van der Waals surface area contributed by atoms with Crippen LogP contribution in [0.2, 0.25) is 0 Å². The zero-order valence-electron chi connectivity index (χ0n) is 15.8. The highest BCUT2D eigenvalue weighted by atomic mass is 16.6. The van der Waals surface area contributed by atoms with Gasteiger partial charge in [-0.2, -0.15) is 0 Å². The molecule has 0 aromatic carbocycles. The Morgan fingerprint density at radius 2 is 1.00 bits per heavy atom. The predicted octanol–water partition coefficient (Wildman–Crippen LogP) is 3.17. The molecule has 0 aliphatic rings. The van der Waals surface area contributed by atoms with Gasteiger partial charge in [-0.3, -0.25) is 19.2 Å². The van der Waals surface area contributed by atoms with Crippen molar-refractivity contribution in [2.45, 2.75) is 78.1 Å². The molecule has 0 bridgehead atoms. The lowest BCUT2D eigenvalue weighted by molar-refractivity contribution is -0.155. The van der Waals surface area contributed by atoms with Crippen LogP contribution in [0.4, 0.5) is 0 Å². The van der Waals surface area contributed by atoms with Gasteiger partial charge in [0.2, 0.25) is 0 Å². The number of carboxylic acid groups (broad SMARTS) is 2. The van der Waals surface area contributed by atoms with Gasteiger partial charge in [0.1, 0.15) is 12.8 Å². The second-order valence-electron chi connectivity index (χ2n) is 5.70. The lowest BCUT2D eigenvalue weighted by atomic mass is 10.2. The highest BCUT2D eigenvalue weighted by molar-refractivity contribution is 5.91. The number of carbonyl (C=O) groups excluding carboxylic acids is 2. The standard InChI is InChI=1S/C15H28O4.C3H4O4/c1-3-5-7-9-11-18-14(16)13-15(17)19-12-10-8-6-4-2;4-2(5)1-3(6)7/h3-13H2,1-2H3;1H2,(H,4,5)(H,6,7). The number of esters is 2. The molecular formula is C18H32O8. The van der Waals surface area contributed by atoms with Crippen molar-refractivity contribution in [2.24, 2.45) is 0 Å². The predicted molar refractivity (Wildman–Crippen MR) is 94.7 cm³/mol. The summed E-state index contributed by atoms with van der Waals surface area (Å²) in [7, 11) is 0. The quantitative estimate of drug-likeness (QED) is 0.269. The van der Waals surface area contributed by atoms with Crippen molar-refractivity contribution in [3.05, 3.63) is 0 Å². The third kappa shape index (κ3) is 24.1.